The van der Waals surface area contributed by atoms with Crippen molar-refractivity contribution >= 4 is 23.6 Å². The van der Waals surface area contributed by atoms with Gasteiger partial charge in [-0.1, -0.05) is 59.8 Å². The van der Waals surface area contributed by atoms with Crippen molar-refractivity contribution in [1.29, 1.82) is 0 Å². The van der Waals surface area contributed by atoms with E-state index in [4.69, 9.17) is 4.74 Å². The van der Waals surface area contributed by atoms with Gasteiger partial charge in [0, 0.05) is 26.2 Å². The Balaban J connectivity index is 1.54. The second-order valence-electron chi connectivity index (χ2n) is 8.49. The summed E-state index contributed by atoms with van der Waals surface area (Å²) in [6.45, 7) is 6.60. The van der Waals surface area contributed by atoms with Crippen molar-refractivity contribution in [3.8, 4) is 5.69 Å². The predicted octanol–water partition coefficient (Wildman–Crippen LogP) is 3.87. The van der Waals surface area contributed by atoms with Crippen LogP contribution in [0.2, 0.25) is 0 Å². The van der Waals surface area contributed by atoms with Gasteiger partial charge in [-0.3, -0.25) is 9.36 Å². The largest absolute Gasteiger partial charge is 0.378 e. The first-order valence-corrected chi connectivity index (χ1v) is 12.4. The first-order chi connectivity index (χ1) is 16.2. The summed E-state index contributed by atoms with van der Waals surface area (Å²) in [6, 6.07) is 18.4. The minimum absolute atomic E-state index is 0.148. The maximum absolute atomic E-state index is 13.6. The van der Waals surface area contributed by atoms with E-state index in [-0.39, 0.29) is 11.2 Å². The van der Waals surface area contributed by atoms with Crippen LogP contribution in [0.25, 0.3) is 5.69 Å². The zero-order chi connectivity index (χ0) is 22.6. The molecule has 0 saturated carbocycles. The monoisotopic (exact) mass is 463 g/mol. The number of ether oxygens (including phenoxy) is 1. The van der Waals surface area contributed by atoms with E-state index in [1.165, 1.54) is 17.3 Å². The number of hydrogen-bond acceptors (Lipinski definition) is 6. The molecule has 2 fully saturated rings. The molecule has 1 aromatic heterocycles. The van der Waals surface area contributed by atoms with E-state index >= 15 is 0 Å². The Bertz CT molecular complexity index is 1070. The number of likely N-dealkylation sites (tertiary alicyclic amines) is 1. The molecule has 2 saturated heterocycles. The number of carbonyl (C=O) groups excluding carboxylic acids is 1. The minimum Gasteiger partial charge on any atom is -0.378 e. The third-order valence-electron chi connectivity index (χ3n) is 6.17. The molecule has 0 radical (unpaired) electrons. The van der Waals surface area contributed by atoms with E-state index in [0.717, 1.165) is 61.4 Å². The van der Waals surface area contributed by atoms with E-state index in [9.17, 15) is 4.79 Å². The van der Waals surface area contributed by atoms with Gasteiger partial charge in [-0.15, -0.1) is 10.2 Å². The summed E-state index contributed by atoms with van der Waals surface area (Å²) in [5.41, 5.74) is 3.18. The molecular formula is C25H29N5O2S. The summed E-state index contributed by atoms with van der Waals surface area (Å²) < 4.78 is 7.63. The Kier molecular flexibility index (Phi) is 6.64. The van der Waals surface area contributed by atoms with E-state index in [1.807, 2.05) is 35.2 Å². The maximum atomic E-state index is 13.6. The average molecular weight is 464 g/mol. The molecular weight excluding hydrogens is 434 g/mol. The van der Waals surface area contributed by atoms with Crippen LogP contribution in [0.3, 0.4) is 0 Å². The van der Waals surface area contributed by atoms with Crippen molar-refractivity contribution in [2.45, 2.75) is 30.2 Å². The highest BCUT2D eigenvalue weighted by molar-refractivity contribution is 8.00. The normalized spacial score (nSPS) is 17.4. The number of amides is 1. The summed E-state index contributed by atoms with van der Waals surface area (Å²) in [6.07, 6.45) is 2.14. The lowest BCUT2D eigenvalue weighted by Crippen LogP contribution is -2.38. The number of carbonyl (C=O) groups is 1. The summed E-state index contributed by atoms with van der Waals surface area (Å²) in [5, 5.41) is 9.53. The van der Waals surface area contributed by atoms with Gasteiger partial charge in [0.2, 0.25) is 11.9 Å². The predicted molar refractivity (Wildman–Crippen MR) is 130 cm³/mol. The molecule has 2 aliphatic rings. The second kappa shape index (κ2) is 9.97. The van der Waals surface area contributed by atoms with E-state index in [1.54, 1.807) is 0 Å². The number of benzene rings is 2. The third kappa shape index (κ3) is 4.77. The topological polar surface area (TPSA) is 63.5 Å². The molecule has 2 aliphatic heterocycles. The standard InChI is InChI=1S/C25H29N5O2S/c1-19-9-11-21(12-10-19)30-24(29-15-17-32-18-16-29)26-27-25(30)33-22(20-7-3-2-4-8-20)23(31)28-13-5-6-14-28/h2-4,7-12,22H,5-6,13-18H2,1H3. The molecule has 1 amide bonds. The fourth-order valence-corrected chi connectivity index (χ4v) is 5.46. The SMILES string of the molecule is Cc1ccc(-n2c(SC(C(=O)N3CCCC3)c3ccccc3)nnc2N2CCOCC2)cc1. The lowest BCUT2D eigenvalue weighted by atomic mass is 10.1. The fourth-order valence-electron chi connectivity index (χ4n) is 4.32. The molecule has 5 rings (SSSR count). The average Bonchev–Trinajstić information content (AvgIpc) is 3.54. The van der Waals surface area contributed by atoms with Crippen LogP contribution < -0.4 is 4.90 Å². The van der Waals surface area contributed by atoms with Crippen LogP contribution in [0.5, 0.6) is 0 Å². The zero-order valence-corrected chi connectivity index (χ0v) is 19.7. The lowest BCUT2D eigenvalue weighted by Gasteiger charge is -2.28. The van der Waals surface area contributed by atoms with Gasteiger partial charge in [0.1, 0.15) is 5.25 Å². The molecule has 33 heavy (non-hydrogen) atoms. The Morgan fingerprint density at radius 3 is 2.33 bits per heavy atom. The van der Waals surface area contributed by atoms with Gasteiger partial charge in [-0.25, -0.2) is 0 Å². The van der Waals surface area contributed by atoms with Crippen LogP contribution in [0, 0.1) is 6.92 Å². The lowest BCUT2D eigenvalue weighted by molar-refractivity contribution is -0.129. The van der Waals surface area contributed by atoms with Crippen LogP contribution in [0.1, 0.15) is 29.2 Å². The Morgan fingerprint density at radius 1 is 0.939 bits per heavy atom. The minimum atomic E-state index is -0.366. The molecule has 1 atom stereocenters. The van der Waals surface area contributed by atoms with Crippen molar-refractivity contribution in [2.24, 2.45) is 0 Å². The molecule has 0 bridgehead atoms. The molecule has 2 aromatic carbocycles. The summed E-state index contributed by atoms with van der Waals surface area (Å²) in [4.78, 5) is 17.8. The van der Waals surface area contributed by atoms with Crippen LogP contribution in [-0.2, 0) is 9.53 Å². The van der Waals surface area contributed by atoms with Crippen molar-refractivity contribution in [3.63, 3.8) is 0 Å². The van der Waals surface area contributed by atoms with Gasteiger partial charge in [0.05, 0.1) is 18.9 Å². The highest BCUT2D eigenvalue weighted by Gasteiger charge is 2.32. The van der Waals surface area contributed by atoms with Crippen LogP contribution >= 0.6 is 11.8 Å². The number of thioether (sulfide) groups is 1. The molecule has 7 nitrogen and oxygen atoms in total. The van der Waals surface area contributed by atoms with Gasteiger partial charge >= 0.3 is 0 Å². The van der Waals surface area contributed by atoms with Crippen LogP contribution in [-0.4, -0.2) is 65.0 Å². The van der Waals surface area contributed by atoms with Crippen molar-refractivity contribution in [2.75, 3.05) is 44.3 Å². The molecule has 1 unspecified atom stereocenters. The van der Waals surface area contributed by atoms with Crippen LogP contribution in [0.15, 0.2) is 59.8 Å². The molecule has 0 aliphatic carbocycles. The molecule has 172 valence electrons. The molecule has 3 aromatic rings. The quantitative estimate of drug-likeness (QED) is 0.517. The van der Waals surface area contributed by atoms with Crippen molar-refractivity contribution in [1.82, 2.24) is 19.7 Å². The van der Waals surface area contributed by atoms with Gasteiger partial charge in [-0.2, -0.15) is 0 Å². The number of morpholine rings is 1. The first kappa shape index (κ1) is 22.0. The number of aryl methyl sites for hydroxylation is 1. The number of anilines is 1. The highest BCUT2D eigenvalue weighted by atomic mass is 32.2. The zero-order valence-electron chi connectivity index (χ0n) is 18.9. The van der Waals surface area contributed by atoms with Gasteiger partial charge in [0.15, 0.2) is 5.16 Å². The molecule has 3 heterocycles. The van der Waals surface area contributed by atoms with Crippen molar-refractivity contribution in [3.05, 3.63) is 65.7 Å². The molecule has 8 heteroatoms. The summed E-state index contributed by atoms with van der Waals surface area (Å²) >= 11 is 1.49. The molecule has 0 N–H and O–H groups in total. The van der Waals surface area contributed by atoms with E-state index in [2.05, 4.69) is 50.9 Å². The Hall–Kier alpha value is -2.84. The van der Waals surface area contributed by atoms with Gasteiger partial charge < -0.3 is 14.5 Å². The van der Waals surface area contributed by atoms with Gasteiger partial charge in [0.25, 0.3) is 0 Å². The van der Waals surface area contributed by atoms with Gasteiger partial charge in [-0.05, 0) is 37.5 Å². The highest BCUT2D eigenvalue weighted by Crippen LogP contribution is 2.39. The Labute approximate surface area is 198 Å². The van der Waals surface area contributed by atoms with E-state index < -0.39 is 0 Å². The summed E-state index contributed by atoms with van der Waals surface area (Å²) in [7, 11) is 0. The second-order valence-corrected chi connectivity index (χ2v) is 9.57. The number of hydrogen-bond donors (Lipinski definition) is 0. The smallest absolute Gasteiger partial charge is 0.240 e. The number of rotatable bonds is 6. The first-order valence-electron chi connectivity index (χ1n) is 11.6. The number of aromatic nitrogens is 3. The fraction of sp³-hybridized carbons (Fsp3) is 0.400. The van der Waals surface area contributed by atoms with E-state index in [0.29, 0.717) is 13.2 Å². The van der Waals surface area contributed by atoms with Crippen molar-refractivity contribution < 1.29 is 9.53 Å². The Morgan fingerprint density at radius 2 is 1.64 bits per heavy atom. The van der Waals surface area contributed by atoms with Crippen LogP contribution in [0.4, 0.5) is 5.95 Å². The third-order valence-corrected chi connectivity index (χ3v) is 7.35. The number of nitrogens with zero attached hydrogens (tertiary/aromatic N) is 5. The summed E-state index contributed by atoms with van der Waals surface area (Å²) in [5.74, 6) is 0.945. The molecule has 0 spiro atoms. The maximum Gasteiger partial charge on any atom is 0.240 e.